The van der Waals surface area contributed by atoms with Crippen LogP contribution in [-0.2, 0) is 0 Å². The van der Waals surface area contributed by atoms with E-state index in [4.69, 9.17) is 5.73 Å². The average molecular weight is 195 g/mol. The van der Waals surface area contributed by atoms with E-state index in [1.807, 2.05) is 0 Å². The van der Waals surface area contributed by atoms with E-state index in [9.17, 15) is 0 Å². The molecule has 2 saturated carbocycles. The van der Waals surface area contributed by atoms with Gasteiger partial charge in [-0.15, -0.1) is 0 Å². The van der Waals surface area contributed by atoms with Gasteiger partial charge in [0.15, 0.2) is 0 Å². The molecule has 0 saturated heterocycles. The summed E-state index contributed by atoms with van der Waals surface area (Å²) in [5.41, 5.74) is 6.67. The molecule has 0 aromatic rings. The molecule has 2 N–H and O–H groups in total. The topological polar surface area (TPSA) is 26.0 Å². The Morgan fingerprint density at radius 1 is 0.929 bits per heavy atom. The van der Waals surface area contributed by atoms with E-state index in [0.717, 1.165) is 5.92 Å². The molecule has 0 aromatic carbocycles. The highest BCUT2D eigenvalue weighted by atomic mass is 14.7. The summed E-state index contributed by atoms with van der Waals surface area (Å²) < 4.78 is 0. The third-order valence-electron chi connectivity index (χ3n) is 4.37. The average Bonchev–Trinajstić information content (AvgIpc) is 2.69. The molecular formula is C13H25N. The molecule has 2 fully saturated rings. The molecule has 0 bridgehead atoms. The molecule has 1 nitrogen and oxygen atoms in total. The Morgan fingerprint density at radius 3 is 2.21 bits per heavy atom. The van der Waals surface area contributed by atoms with Crippen LogP contribution in [0.2, 0.25) is 0 Å². The highest BCUT2D eigenvalue weighted by molar-refractivity contribution is 4.88. The summed E-state index contributed by atoms with van der Waals surface area (Å²) in [4.78, 5) is 0. The van der Waals surface area contributed by atoms with Crippen molar-refractivity contribution in [1.29, 1.82) is 0 Å². The molecule has 0 radical (unpaired) electrons. The molecule has 1 heteroatoms. The summed E-state index contributed by atoms with van der Waals surface area (Å²) in [6.45, 7) is 0. The van der Waals surface area contributed by atoms with Crippen LogP contribution in [0, 0.1) is 5.92 Å². The second kappa shape index (κ2) is 4.65. The summed E-state index contributed by atoms with van der Waals surface area (Å²) in [6, 6.07) is 0. The fraction of sp³-hybridized carbons (Fsp3) is 1.00. The zero-order valence-electron chi connectivity index (χ0n) is 9.43. The molecule has 2 rings (SSSR count). The van der Waals surface area contributed by atoms with Gasteiger partial charge in [-0.2, -0.15) is 0 Å². The van der Waals surface area contributed by atoms with Crippen molar-refractivity contribution in [2.45, 2.75) is 76.2 Å². The number of rotatable bonds is 3. The first-order valence-electron chi connectivity index (χ1n) is 6.57. The Kier molecular flexibility index (Phi) is 3.48. The zero-order valence-corrected chi connectivity index (χ0v) is 9.43. The molecule has 0 aromatic heterocycles. The lowest BCUT2D eigenvalue weighted by Crippen LogP contribution is -2.41. The predicted molar refractivity (Wildman–Crippen MR) is 61.2 cm³/mol. The lowest BCUT2D eigenvalue weighted by molar-refractivity contribution is 0.256. The van der Waals surface area contributed by atoms with Gasteiger partial charge in [-0.3, -0.25) is 0 Å². The van der Waals surface area contributed by atoms with E-state index in [1.54, 1.807) is 0 Å². The third kappa shape index (κ3) is 2.73. The molecule has 0 aliphatic heterocycles. The third-order valence-corrected chi connectivity index (χ3v) is 4.37. The van der Waals surface area contributed by atoms with Gasteiger partial charge < -0.3 is 5.73 Å². The molecular weight excluding hydrogens is 170 g/mol. The molecule has 2 aliphatic rings. The van der Waals surface area contributed by atoms with Crippen LogP contribution < -0.4 is 5.73 Å². The van der Waals surface area contributed by atoms with Gasteiger partial charge in [0.25, 0.3) is 0 Å². The molecule has 82 valence electrons. The second-order valence-corrected chi connectivity index (χ2v) is 5.61. The minimum Gasteiger partial charge on any atom is -0.325 e. The van der Waals surface area contributed by atoms with Gasteiger partial charge in [-0.1, -0.05) is 44.9 Å². The van der Waals surface area contributed by atoms with E-state index in [1.165, 1.54) is 70.6 Å². The van der Waals surface area contributed by atoms with Gasteiger partial charge in [-0.25, -0.2) is 0 Å². The zero-order chi connectivity index (χ0) is 9.86. The van der Waals surface area contributed by atoms with Crippen molar-refractivity contribution in [3.63, 3.8) is 0 Å². The van der Waals surface area contributed by atoms with Crippen LogP contribution in [0.4, 0.5) is 0 Å². The van der Waals surface area contributed by atoms with Gasteiger partial charge in [0, 0.05) is 5.54 Å². The predicted octanol–water partition coefficient (Wildman–Crippen LogP) is 3.62. The van der Waals surface area contributed by atoms with Crippen LogP contribution in [0.1, 0.15) is 70.6 Å². The Bertz CT molecular complexity index is 164. The summed E-state index contributed by atoms with van der Waals surface area (Å²) in [7, 11) is 0. The number of hydrogen-bond donors (Lipinski definition) is 1. The van der Waals surface area contributed by atoms with Crippen LogP contribution in [-0.4, -0.2) is 5.54 Å². The van der Waals surface area contributed by atoms with Crippen molar-refractivity contribution in [2.24, 2.45) is 11.7 Å². The highest BCUT2D eigenvalue weighted by Gasteiger charge is 2.28. The van der Waals surface area contributed by atoms with Crippen LogP contribution in [0.5, 0.6) is 0 Å². The van der Waals surface area contributed by atoms with Crippen molar-refractivity contribution >= 4 is 0 Å². The minimum absolute atomic E-state index is 0.237. The second-order valence-electron chi connectivity index (χ2n) is 5.61. The maximum absolute atomic E-state index is 6.44. The molecule has 0 atom stereocenters. The Labute approximate surface area is 88.4 Å². The Morgan fingerprint density at radius 2 is 1.57 bits per heavy atom. The first kappa shape index (κ1) is 10.5. The first-order valence-corrected chi connectivity index (χ1v) is 6.57. The Balaban J connectivity index is 1.72. The standard InChI is InChI=1S/C13H25N/c14-13(9-4-1-5-10-13)11-8-12-6-2-3-7-12/h12H,1-11,14H2. The van der Waals surface area contributed by atoms with E-state index >= 15 is 0 Å². The number of nitrogens with two attached hydrogens (primary N) is 1. The monoisotopic (exact) mass is 195 g/mol. The van der Waals surface area contributed by atoms with E-state index in [-0.39, 0.29) is 5.54 Å². The van der Waals surface area contributed by atoms with Gasteiger partial charge in [-0.05, 0) is 31.6 Å². The normalized spacial score (nSPS) is 28.1. The van der Waals surface area contributed by atoms with E-state index < -0.39 is 0 Å². The van der Waals surface area contributed by atoms with Crippen molar-refractivity contribution < 1.29 is 0 Å². The van der Waals surface area contributed by atoms with Crippen molar-refractivity contribution in [2.75, 3.05) is 0 Å². The van der Waals surface area contributed by atoms with Crippen molar-refractivity contribution in [3.8, 4) is 0 Å². The van der Waals surface area contributed by atoms with E-state index in [2.05, 4.69) is 0 Å². The lowest BCUT2D eigenvalue weighted by Gasteiger charge is -2.34. The van der Waals surface area contributed by atoms with Crippen LogP contribution >= 0.6 is 0 Å². The SMILES string of the molecule is NC1(CCC2CCCC2)CCCCC1. The molecule has 2 aliphatic carbocycles. The minimum atomic E-state index is 0.237. The fourth-order valence-corrected chi connectivity index (χ4v) is 3.30. The molecule has 0 unspecified atom stereocenters. The molecule has 0 heterocycles. The van der Waals surface area contributed by atoms with Crippen LogP contribution in [0.3, 0.4) is 0 Å². The largest absolute Gasteiger partial charge is 0.325 e. The number of hydrogen-bond acceptors (Lipinski definition) is 1. The molecule has 0 spiro atoms. The van der Waals surface area contributed by atoms with Crippen LogP contribution in [0.25, 0.3) is 0 Å². The van der Waals surface area contributed by atoms with Crippen LogP contribution in [0.15, 0.2) is 0 Å². The Hall–Kier alpha value is -0.0400. The summed E-state index contributed by atoms with van der Waals surface area (Å²) in [5.74, 6) is 1.03. The van der Waals surface area contributed by atoms with Gasteiger partial charge in [0.2, 0.25) is 0 Å². The van der Waals surface area contributed by atoms with Crippen molar-refractivity contribution in [1.82, 2.24) is 0 Å². The summed E-state index contributed by atoms with van der Waals surface area (Å²) in [5, 5.41) is 0. The molecule has 14 heavy (non-hydrogen) atoms. The first-order chi connectivity index (χ1) is 6.79. The smallest absolute Gasteiger partial charge is 0.0154 e. The fourth-order valence-electron chi connectivity index (χ4n) is 3.30. The maximum atomic E-state index is 6.44. The van der Waals surface area contributed by atoms with Gasteiger partial charge in [0.05, 0.1) is 0 Å². The quantitative estimate of drug-likeness (QED) is 0.731. The molecule has 0 amide bonds. The lowest BCUT2D eigenvalue weighted by atomic mass is 9.78. The van der Waals surface area contributed by atoms with E-state index in [0.29, 0.717) is 0 Å². The summed E-state index contributed by atoms with van der Waals surface area (Å²) >= 11 is 0. The van der Waals surface area contributed by atoms with Crippen molar-refractivity contribution in [3.05, 3.63) is 0 Å². The summed E-state index contributed by atoms with van der Waals surface area (Å²) in [6.07, 6.45) is 15.4. The maximum Gasteiger partial charge on any atom is 0.0154 e. The van der Waals surface area contributed by atoms with Gasteiger partial charge >= 0.3 is 0 Å². The van der Waals surface area contributed by atoms with Gasteiger partial charge in [0.1, 0.15) is 0 Å². The highest BCUT2D eigenvalue weighted by Crippen LogP contribution is 2.35.